The zero-order valence-electron chi connectivity index (χ0n) is 17.5. The van der Waals surface area contributed by atoms with Crippen molar-refractivity contribution in [2.75, 3.05) is 12.4 Å². The minimum absolute atomic E-state index is 0.0927. The first-order valence-corrected chi connectivity index (χ1v) is 10.9. The van der Waals surface area contributed by atoms with Gasteiger partial charge in [-0.05, 0) is 12.0 Å². The van der Waals surface area contributed by atoms with E-state index in [1.165, 1.54) is 20.9 Å². The predicted molar refractivity (Wildman–Crippen MR) is 117 cm³/mol. The van der Waals surface area contributed by atoms with Gasteiger partial charge >= 0.3 is 11.7 Å². The Hall–Kier alpha value is -2.81. The number of hydrogen-bond acceptors (Lipinski definition) is 6. The number of nitrogens with zero attached hydrogens (tertiary/aromatic N) is 4. The summed E-state index contributed by atoms with van der Waals surface area (Å²) in [7, 11) is 3.30. The molecule has 0 saturated heterocycles. The van der Waals surface area contributed by atoms with E-state index >= 15 is 0 Å². The number of imidazole rings is 1. The number of hydrogen-bond donors (Lipinski definition) is 0. The monoisotopic (exact) mass is 430 g/mol. The van der Waals surface area contributed by atoms with Gasteiger partial charge in [0.15, 0.2) is 16.3 Å². The Labute approximate surface area is 178 Å². The molecule has 0 fully saturated rings. The summed E-state index contributed by atoms with van der Waals surface area (Å²) < 4.78 is 9.42. The van der Waals surface area contributed by atoms with Gasteiger partial charge < -0.3 is 9.30 Å². The van der Waals surface area contributed by atoms with Crippen LogP contribution in [0.3, 0.4) is 0 Å². The van der Waals surface area contributed by atoms with Crippen molar-refractivity contribution in [2.45, 2.75) is 37.9 Å². The molecule has 8 nitrogen and oxygen atoms in total. The molecule has 0 aliphatic heterocycles. The third kappa shape index (κ3) is 4.67. The van der Waals surface area contributed by atoms with Gasteiger partial charge in [-0.2, -0.15) is 0 Å². The number of aryl methyl sites for hydroxylation is 2. The lowest BCUT2D eigenvalue weighted by Gasteiger charge is -2.08. The van der Waals surface area contributed by atoms with Crippen molar-refractivity contribution in [3.05, 3.63) is 56.7 Å². The van der Waals surface area contributed by atoms with E-state index in [0.717, 1.165) is 24.8 Å². The molecule has 3 aromatic rings. The molecule has 0 aliphatic rings. The Kier molecular flexibility index (Phi) is 7.15. The average Bonchev–Trinajstić information content (AvgIpc) is 3.08. The maximum absolute atomic E-state index is 13.1. The third-order valence-corrected chi connectivity index (χ3v) is 5.84. The highest BCUT2D eigenvalue weighted by molar-refractivity contribution is 7.99. The summed E-state index contributed by atoms with van der Waals surface area (Å²) in [4.78, 5) is 42.2. The van der Waals surface area contributed by atoms with E-state index in [0.29, 0.717) is 22.9 Å². The topological polar surface area (TPSA) is 88.1 Å². The van der Waals surface area contributed by atoms with Crippen LogP contribution in [-0.4, -0.2) is 37.0 Å². The van der Waals surface area contributed by atoms with Crippen LogP contribution in [0, 0.1) is 0 Å². The number of benzene rings is 1. The first-order chi connectivity index (χ1) is 14.4. The summed E-state index contributed by atoms with van der Waals surface area (Å²) in [6.45, 7) is 2.68. The molecule has 0 saturated carbocycles. The lowest BCUT2D eigenvalue weighted by atomic mass is 10.2. The maximum Gasteiger partial charge on any atom is 0.332 e. The number of carbonyl (C=O) groups is 1. The molecular formula is C21H26N4O4S. The summed E-state index contributed by atoms with van der Waals surface area (Å²) >= 11 is 1.19. The Morgan fingerprint density at radius 1 is 1.10 bits per heavy atom. The SMILES string of the molecule is CCCCCOC(=O)CSc1nc2c(c(=O)n(Cc3ccccc3)c(=O)n2C)n1C. The number of aromatic nitrogens is 4. The van der Waals surface area contributed by atoms with Gasteiger partial charge in [0.05, 0.1) is 18.9 Å². The standard InChI is InChI=1S/C21H26N4O4S/c1-4-5-9-12-29-16(26)14-30-20-22-18-17(23(20)2)19(27)25(21(28)24(18)3)13-15-10-7-6-8-11-15/h6-8,10-11H,4-5,9,12-14H2,1-3H3. The molecular weight excluding hydrogens is 404 g/mol. The van der Waals surface area contributed by atoms with Gasteiger partial charge in [-0.15, -0.1) is 0 Å². The molecule has 2 aromatic heterocycles. The molecule has 0 unspecified atom stereocenters. The zero-order valence-corrected chi connectivity index (χ0v) is 18.3. The van der Waals surface area contributed by atoms with Crippen LogP contribution < -0.4 is 11.2 Å². The fraction of sp³-hybridized carbons (Fsp3) is 0.429. The van der Waals surface area contributed by atoms with Gasteiger partial charge in [-0.1, -0.05) is 61.9 Å². The summed E-state index contributed by atoms with van der Waals surface area (Å²) in [6.07, 6.45) is 2.93. The highest BCUT2D eigenvalue weighted by Crippen LogP contribution is 2.20. The minimum Gasteiger partial charge on any atom is -0.465 e. The number of esters is 1. The normalized spacial score (nSPS) is 11.2. The van der Waals surface area contributed by atoms with Crippen LogP contribution in [0.2, 0.25) is 0 Å². The van der Waals surface area contributed by atoms with E-state index in [1.807, 2.05) is 30.3 Å². The van der Waals surface area contributed by atoms with Gasteiger partial charge in [0.1, 0.15) is 0 Å². The van der Waals surface area contributed by atoms with Gasteiger partial charge in [0.2, 0.25) is 0 Å². The van der Waals surface area contributed by atoms with Crippen molar-refractivity contribution >= 4 is 28.9 Å². The van der Waals surface area contributed by atoms with Crippen molar-refractivity contribution in [1.29, 1.82) is 0 Å². The molecule has 0 N–H and O–H groups in total. The number of carbonyl (C=O) groups excluding carboxylic acids is 1. The molecule has 0 aliphatic carbocycles. The van der Waals surface area contributed by atoms with Gasteiger partial charge in [0, 0.05) is 14.1 Å². The fourth-order valence-corrected chi connectivity index (χ4v) is 3.93. The first-order valence-electron chi connectivity index (χ1n) is 9.92. The Balaban J connectivity index is 1.85. The third-order valence-electron chi connectivity index (χ3n) is 4.83. The highest BCUT2D eigenvalue weighted by Gasteiger charge is 2.19. The smallest absolute Gasteiger partial charge is 0.332 e. The van der Waals surface area contributed by atoms with Crippen LogP contribution in [0.25, 0.3) is 11.2 Å². The van der Waals surface area contributed by atoms with Crippen molar-refractivity contribution in [1.82, 2.24) is 18.7 Å². The number of fused-ring (bicyclic) bond motifs is 1. The molecule has 1 aromatic carbocycles. The molecule has 9 heteroatoms. The van der Waals surface area contributed by atoms with Gasteiger partial charge in [-0.3, -0.25) is 18.7 Å². The van der Waals surface area contributed by atoms with Gasteiger partial charge in [0.25, 0.3) is 5.56 Å². The zero-order chi connectivity index (χ0) is 21.7. The van der Waals surface area contributed by atoms with E-state index < -0.39 is 11.2 Å². The van der Waals surface area contributed by atoms with Crippen LogP contribution in [0.4, 0.5) is 0 Å². The predicted octanol–water partition coefficient (Wildman–Crippen LogP) is 2.31. The molecule has 0 spiro atoms. The van der Waals surface area contributed by atoms with Crippen molar-refractivity contribution in [3.8, 4) is 0 Å². The van der Waals surface area contributed by atoms with Crippen LogP contribution in [0.15, 0.2) is 45.1 Å². The van der Waals surface area contributed by atoms with Crippen LogP contribution in [-0.2, 0) is 30.2 Å². The van der Waals surface area contributed by atoms with Crippen LogP contribution >= 0.6 is 11.8 Å². The maximum atomic E-state index is 13.1. The van der Waals surface area contributed by atoms with Crippen molar-refractivity contribution < 1.29 is 9.53 Å². The lowest BCUT2D eigenvalue weighted by molar-refractivity contribution is -0.140. The number of ether oxygens (including phenoxy) is 1. The summed E-state index contributed by atoms with van der Waals surface area (Å²) in [5, 5.41) is 0.486. The molecule has 0 radical (unpaired) electrons. The van der Waals surface area contributed by atoms with Crippen LogP contribution in [0.5, 0.6) is 0 Å². The van der Waals surface area contributed by atoms with Crippen molar-refractivity contribution in [3.63, 3.8) is 0 Å². The average molecular weight is 431 g/mol. The number of unbranched alkanes of at least 4 members (excludes halogenated alkanes) is 2. The summed E-state index contributed by atoms with van der Waals surface area (Å²) in [6, 6.07) is 9.35. The van der Waals surface area contributed by atoms with Gasteiger partial charge in [-0.25, -0.2) is 9.78 Å². The molecule has 2 heterocycles. The van der Waals surface area contributed by atoms with Crippen molar-refractivity contribution in [2.24, 2.45) is 14.1 Å². The highest BCUT2D eigenvalue weighted by atomic mass is 32.2. The van der Waals surface area contributed by atoms with E-state index in [9.17, 15) is 14.4 Å². The fourth-order valence-electron chi connectivity index (χ4n) is 3.16. The first kappa shape index (κ1) is 21.9. The largest absolute Gasteiger partial charge is 0.465 e. The molecule has 160 valence electrons. The minimum atomic E-state index is -0.429. The van der Waals surface area contributed by atoms with E-state index in [1.54, 1.807) is 18.7 Å². The lowest BCUT2D eigenvalue weighted by Crippen LogP contribution is -2.39. The Bertz CT molecular complexity index is 1150. The quantitative estimate of drug-likeness (QED) is 0.294. The number of thioether (sulfide) groups is 1. The van der Waals surface area contributed by atoms with E-state index in [2.05, 4.69) is 11.9 Å². The molecule has 0 amide bonds. The second-order valence-electron chi connectivity index (χ2n) is 7.06. The van der Waals surface area contributed by atoms with Crippen LogP contribution in [0.1, 0.15) is 31.7 Å². The second-order valence-corrected chi connectivity index (χ2v) is 8.00. The molecule has 0 bridgehead atoms. The molecule has 30 heavy (non-hydrogen) atoms. The van der Waals surface area contributed by atoms with E-state index in [4.69, 9.17) is 4.74 Å². The van der Waals surface area contributed by atoms with E-state index in [-0.39, 0.29) is 18.3 Å². The second kappa shape index (κ2) is 9.80. The number of rotatable bonds is 9. The Morgan fingerprint density at radius 2 is 1.83 bits per heavy atom. The summed E-state index contributed by atoms with van der Waals surface area (Å²) in [5.74, 6) is -0.228. The molecule has 0 atom stereocenters. The molecule has 3 rings (SSSR count). The summed E-state index contributed by atoms with van der Waals surface area (Å²) in [5.41, 5.74) is 0.656. The Morgan fingerprint density at radius 3 is 2.53 bits per heavy atom.